The third kappa shape index (κ3) is 4.03. The van der Waals surface area contributed by atoms with Gasteiger partial charge in [0.2, 0.25) is 0 Å². The monoisotopic (exact) mass is 344 g/mol. The Morgan fingerprint density at radius 2 is 2.16 bits per heavy atom. The van der Waals surface area contributed by atoms with E-state index in [9.17, 15) is 9.90 Å². The summed E-state index contributed by atoms with van der Waals surface area (Å²) in [6.45, 7) is 4.70. The normalized spacial score (nSPS) is 18.4. The lowest BCUT2D eigenvalue weighted by Gasteiger charge is -2.36. The van der Waals surface area contributed by atoms with Crippen molar-refractivity contribution in [2.24, 2.45) is 0 Å². The Morgan fingerprint density at radius 1 is 1.32 bits per heavy atom. The van der Waals surface area contributed by atoms with E-state index in [4.69, 9.17) is 9.47 Å². The number of hydrogen-bond acceptors (Lipinski definition) is 5. The molecule has 2 atom stereocenters. The van der Waals surface area contributed by atoms with Crippen molar-refractivity contribution in [3.8, 4) is 5.75 Å². The molecule has 0 amide bonds. The zero-order chi connectivity index (χ0) is 17.8. The zero-order valence-corrected chi connectivity index (χ0v) is 14.6. The number of ether oxygens (including phenoxy) is 2. The average Bonchev–Trinajstić information content (AvgIpc) is 3.11. The van der Waals surface area contributed by atoms with Crippen LogP contribution in [0.2, 0.25) is 0 Å². The van der Waals surface area contributed by atoms with Gasteiger partial charge >= 0.3 is 5.97 Å². The molecule has 6 heteroatoms. The number of carbonyl (C=O) groups is 1. The lowest BCUT2D eigenvalue weighted by molar-refractivity contribution is 0.0452. The van der Waals surface area contributed by atoms with Crippen LogP contribution < -0.4 is 4.74 Å². The summed E-state index contributed by atoms with van der Waals surface area (Å²) in [6, 6.07) is 11.2. The molecule has 1 aromatic carbocycles. The van der Waals surface area contributed by atoms with Crippen LogP contribution in [0.15, 0.2) is 42.6 Å². The van der Waals surface area contributed by atoms with Crippen LogP contribution in [0.5, 0.6) is 5.75 Å². The van der Waals surface area contributed by atoms with Gasteiger partial charge in [-0.15, -0.1) is 0 Å². The van der Waals surface area contributed by atoms with E-state index in [-0.39, 0.29) is 12.6 Å². The summed E-state index contributed by atoms with van der Waals surface area (Å²) in [4.78, 5) is 13.8. The number of methoxy groups -OCH3 is 1. The van der Waals surface area contributed by atoms with E-state index in [1.165, 1.54) is 12.8 Å². The second-order valence-electron chi connectivity index (χ2n) is 6.28. The molecule has 1 aromatic heterocycles. The van der Waals surface area contributed by atoms with Gasteiger partial charge in [0.15, 0.2) is 0 Å². The molecule has 1 N–H and O–H groups in total. The van der Waals surface area contributed by atoms with Crippen molar-refractivity contribution in [3.63, 3.8) is 0 Å². The largest absolute Gasteiger partial charge is 0.491 e. The number of esters is 1. The Labute approximate surface area is 147 Å². The maximum absolute atomic E-state index is 11.5. The fourth-order valence-electron chi connectivity index (χ4n) is 3.22. The van der Waals surface area contributed by atoms with Crippen LogP contribution in [0.1, 0.15) is 29.0 Å². The predicted molar refractivity (Wildman–Crippen MR) is 93.7 cm³/mol. The number of fused-ring (bicyclic) bond motifs is 1. The van der Waals surface area contributed by atoms with Gasteiger partial charge in [0, 0.05) is 37.6 Å². The molecule has 134 valence electrons. The highest BCUT2D eigenvalue weighted by Crippen LogP contribution is 2.25. The minimum absolute atomic E-state index is 0.175. The predicted octanol–water partition coefficient (Wildman–Crippen LogP) is 2.09. The molecule has 0 saturated heterocycles. The van der Waals surface area contributed by atoms with E-state index in [0.29, 0.717) is 17.9 Å². The molecule has 0 aliphatic carbocycles. The zero-order valence-electron chi connectivity index (χ0n) is 14.6. The van der Waals surface area contributed by atoms with Crippen molar-refractivity contribution >= 4 is 5.97 Å². The maximum Gasteiger partial charge on any atom is 0.337 e. The third-order valence-corrected chi connectivity index (χ3v) is 4.61. The Hall–Kier alpha value is -2.31. The average molecular weight is 344 g/mol. The van der Waals surface area contributed by atoms with Crippen molar-refractivity contribution in [1.82, 2.24) is 9.47 Å². The first-order chi connectivity index (χ1) is 12.1. The number of aromatic nitrogens is 1. The standard InChI is InChI=1S/C19H24N2O4/c1-14-18-7-4-8-20(18)9-10-21(14)12-16(22)13-25-17-6-3-5-15(11-17)19(23)24-2/h3-8,11,14,16,22H,9-10,12-13H2,1-2H3/t14-,16+/m0/s1. The van der Waals surface area contributed by atoms with Gasteiger partial charge in [-0.2, -0.15) is 0 Å². The van der Waals surface area contributed by atoms with E-state index in [2.05, 4.69) is 34.7 Å². The second kappa shape index (κ2) is 7.72. The minimum atomic E-state index is -0.606. The van der Waals surface area contributed by atoms with Gasteiger partial charge < -0.3 is 19.1 Å². The van der Waals surface area contributed by atoms with Crippen LogP contribution >= 0.6 is 0 Å². The highest BCUT2D eigenvalue weighted by molar-refractivity contribution is 5.89. The lowest BCUT2D eigenvalue weighted by atomic mass is 10.1. The molecule has 0 spiro atoms. The van der Waals surface area contributed by atoms with Crippen molar-refractivity contribution in [2.45, 2.75) is 25.6 Å². The first kappa shape index (κ1) is 17.5. The van der Waals surface area contributed by atoms with Gasteiger partial charge in [-0.1, -0.05) is 6.07 Å². The number of rotatable bonds is 6. The molecule has 0 unspecified atom stereocenters. The van der Waals surface area contributed by atoms with Crippen LogP contribution in [-0.4, -0.2) is 53.5 Å². The third-order valence-electron chi connectivity index (χ3n) is 4.61. The summed E-state index contributed by atoms with van der Waals surface area (Å²) in [5, 5.41) is 10.3. The smallest absolute Gasteiger partial charge is 0.337 e. The topological polar surface area (TPSA) is 63.9 Å². The molecule has 0 fully saturated rings. The fraction of sp³-hybridized carbons (Fsp3) is 0.421. The number of benzene rings is 1. The molecule has 1 aliphatic rings. The van der Waals surface area contributed by atoms with E-state index < -0.39 is 12.1 Å². The molecular weight excluding hydrogens is 320 g/mol. The summed E-state index contributed by atoms with van der Waals surface area (Å²) >= 11 is 0. The number of β-amino-alcohol motifs (C(OH)–C–C–N with tert-alkyl or cyclic N) is 1. The van der Waals surface area contributed by atoms with Crippen molar-refractivity contribution < 1.29 is 19.4 Å². The summed E-state index contributed by atoms with van der Waals surface area (Å²) in [7, 11) is 1.34. The van der Waals surface area contributed by atoms with Gasteiger partial charge in [-0.25, -0.2) is 4.79 Å². The maximum atomic E-state index is 11.5. The molecule has 1 aliphatic heterocycles. The molecular formula is C19H24N2O4. The molecule has 0 bridgehead atoms. The number of aliphatic hydroxyl groups excluding tert-OH is 1. The van der Waals surface area contributed by atoms with Crippen LogP contribution in [0.3, 0.4) is 0 Å². The number of carbonyl (C=O) groups excluding carboxylic acids is 1. The molecule has 2 aromatic rings. The van der Waals surface area contributed by atoms with Gasteiger partial charge in [0.25, 0.3) is 0 Å². The second-order valence-corrected chi connectivity index (χ2v) is 6.28. The summed E-state index contributed by atoms with van der Waals surface area (Å²) in [5.41, 5.74) is 1.70. The Bertz CT molecular complexity index is 728. The molecule has 2 heterocycles. The van der Waals surface area contributed by atoms with Crippen molar-refractivity contribution in [1.29, 1.82) is 0 Å². The van der Waals surface area contributed by atoms with Crippen molar-refractivity contribution in [3.05, 3.63) is 53.9 Å². The summed E-state index contributed by atoms with van der Waals surface area (Å²) < 4.78 is 12.6. The fourth-order valence-corrected chi connectivity index (χ4v) is 3.22. The van der Waals surface area contributed by atoms with E-state index in [1.54, 1.807) is 24.3 Å². The van der Waals surface area contributed by atoms with Crippen LogP contribution in [-0.2, 0) is 11.3 Å². The summed E-state index contributed by atoms with van der Waals surface area (Å²) in [6.07, 6.45) is 1.49. The van der Waals surface area contributed by atoms with Gasteiger partial charge in [0.1, 0.15) is 18.5 Å². The summed E-state index contributed by atoms with van der Waals surface area (Å²) in [5.74, 6) is 0.138. The number of aliphatic hydroxyl groups is 1. The Kier molecular flexibility index (Phi) is 5.40. The number of hydrogen-bond donors (Lipinski definition) is 1. The molecule has 6 nitrogen and oxygen atoms in total. The lowest BCUT2D eigenvalue weighted by Crippen LogP contribution is -2.42. The SMILES string of the molecule is COC(=O)c1cccc(OC[C@H](O)CN2CCn3cccc3[C@@H]2C)c1. The quantitative estimate of drug-likeness (QED) is 0.813. The van der Waals surface area contributed by atoms with E-state index in [1.807, 2.05) is 0 Å². The van der Waals surface area contributed by atoms with Gasteiger partial charge in [-0.3, -0.25) is 4.90 Å². The molecule has 3 rings (SSSR count). The first-order valence-electron chi connectivity index (χ1n) is 8.47. The van der Waals surface area contributed by atoms with E-state index in [0.717, 1.165) is 13.1 Å². The van der Waals surface area contributed by atoms with Crippen molar-refractivity contribution in [2.75, 3.05) is 26.8 Å². The van der Waals surface area contributed by atoms with Gasteiger partial charge in [0.05, 0.1) is 12.7 Å². The highest BCUT2D eigenvalue weighted by Gasteiger charge is 2.25. The number of nitrogens with zero attached hydrogens (tertiary/aromatic N) is 2. The molecule has 0 radical (unpaired) electrons. The first-order valence-corrected chi connectivity index (χ1v) is 8.47. The van der Waals surface area contributed by atoms with Gasteiger partial charge in [-0.05, 0) is 37.3 Å². The molecule has 25 heavy (non-hydrogen) atoms. The molecule has 0 saturated carbocycles. The highest BCUT2D eigenvalue weighted by atomic mass is 16.5. The van der Waals surface area contributed by atoms with Crippen LogP contribution in [0.25, 0.3) is 0 Å². The Morgan fingerprint density at radius 3 is 2.96 bits per heavy atom. The minimum Gasteiger partial charge on any atom is -0.491 e. The van der Waals surface area contributed by atoms with Crippen LogP contribution in [0, 0.1) is 0 Å². The Balaban J connectivity index is 1.53. The van der Waals surface area contributed by atoms with E-state index >= 15 is 0 Å². The van der Waals surface area contributed by atoms with Crippen LogP contribution in [0.4, 0.5) is 0 Å².